The predicted octanol–water partition coefficient (Wildman–Crippen LogP) is 2.18. The number of aromatic nitrogens is 1. The van der Waals surface area contributed by atoms with Crippen LogP contribution in [0.1, 0.15) is 32.4 Å². The van der Waals surface area contributed by atoms with Gasteiger partial charge in [-0.25, -0.2) is 22.9 Å². The van der Waals surface area contributed by atoms with Crippen molar-refractivity contribution in [2.75, 3.05) is 12.4 Å². The van der Waals surface area contributed by atoms with E-state index in [4.69, 9.17) is 9.84 Å². The first-order valence-corrected chi connectivity index (χ1v) is 10.1. The number of thiazole rings is 1. The highest BCUT2D eigenvalue weighted by molar-refractivity contribution is 7.89. The van der Waals surface area contributed by atoms with Gasteiger partial charge >= 0.3 is 5.97 Å². The molecule has 0 fully saturated rings. The molecule has 0 atom stereocenters. The second-order valence-corrected chi connectivity index (χ2v) is 8.37. The summed E-state index contributed by atoms with van der Waals surface area (Å²) in [6.45, 7) is 2.37. The van der Waals surface area contributed by atoms with E-state index in [0.29, 0.717) is 30.3 Å². The molecule has 2 aromatic rings. The number of nitrogens with one attached hydrogen (secondary N) is 1. The molecule has 0 aliphatic carbocycles. The molecule has 1 aromatic carbocycles. The molecule has 9 heteroatoms. The Morgan fingerprint density at radius 2 is 2.04 bits per heavy atom. The number of rotatable bonds is 10. The van der Waals surface area contributed by atoms with Crippen molar-refractivity contribution < 1.29 is 23.1 Å². The number of hydrogen-bond donors (Lipinski definition) is 2. The van der Waals surface area contributed by atoms with Gasteiger partial charge in [0.2, 0.25) is 10.0 Å². The molecule has 7 nitrogen and oxygen atoms in total. The Morgan fingerprint density at radius 3 is 2.68 bits per heavy atom. The maximum absolute atomic E-state index is 12.0. The van der Waals surface area contributed by atoms with Crippen molar-refractivity contribution in [2.45, 2.75) is 26.5 Å². The number of nitrogens with zero attached hydrogens (tertiary/aromatic N) is 1. The third-order valence-electron chi connectivity index (χ3n) is 3.29. The van der Waals surface area contributed by atoms with Gasteiger partial charge in [-0.1, -0.05) is 30.3 Å². The summed E-state index contributed by atoms with van der Waals surface area (Å²) >= 11 is 0.976. The van der Waals surface area contributed by atoms with E-state index in [1.807, 2.05) is 30.3 Å². The maximum Gasteiger partial charge on any atom is 0.347 e. The number of carboxylic acid groups (broad SMARTS) is 1. The van der Waals surface area contributed by atoms with E-state index in [1.165, 1.54) is 0 Å². The molecule has 1 aromatic heterocycles. The average Bonchev–Trinajstić information content (AvgIpc) is 2.95. The van der Waals surface area contributed by atoms with Crippen molar-refractivity contribution >= 4 is 27.3 Å². The third-order valence-corrected chi connectivity index (χ3v) is 5.85. The number of ether oxygens (including phenoxy) is 1. The SMILES string of the molecule is Cc1nc(CNS(=O)(=O)CCCOCc2ccccc2)sc1C(=O)O. The van der Waals surface area contributed by atoms with Gasteiger partial charge in [-0.2, -0.15) is 0 Å². The molecule has 0 bridgehead atoms. The van der Waals surface area contributed by atoms with Gasteiger partial charge in [0.25, 0.3) is 0 Å². The molecule has 0 saturated carbocycles. The van der Waals surface area contributed by atoms with Crippen LogP contribution in [0, 0.1) is 6.92 Å². The van der Waals surface area contributed by atoms with Crippen LogP contribution in [0.15, 0.2) is 30.3 Å². The van der Waals surface area contributed by atoms with Gasteiger partial charge in [0.1, 0.15) is 9.88 Å². The monoisotopic (exact) mass is 384 g/mol. The summed E-state index contributed by atoms with van der Waals surface area (Å²) in [5, 5.41) is 9.40. The first kappa shape index (κ1) is 19.5. The van der Waals surface area contributed by atoms with E-state index < -0.39 is 16.0 Å². The number of carboxylic acids is 1. The lowest BCUT2D eigenvalue weighted by Crippen LogP contribution is -2.26. The quantitative estimate of drug-likeness (QED) is 0.608. The summed E-state index contributed by atoms with van der Waals surface area (Å²) in [5.74, 6) is -1.11. The Labute approximate surface area is 150 Å². The Hall–Kier alpha value is -1.81. The molecule has 0 amide bonds. The second kappa shape index (κ2) is 9.04. The standard InChI is InChI=1S/C16H20N2O5S2/c1-12-15(16(19)20)24-14(18-12)10-17-25(21,22)9-5-8-23-11-13-6-3-2-4-7-13/h2-4,6-7,17H,5,8-11H2,1H3,(H,19,20). The Kier molecular flexibility index (Phi) is 7.06. The van der Waals surface area contributed by atoms with Crippen LogP contribution >= 0.6 is 11.3 Å². The summed E-state index contributed by atoms with van der Waals surface area (Å²) in [4.78, 5) is 15.2. The van der Waals surface area contributed by atoms with E-state index >= 15 is 0 Å². The van der Waals surface area contributed by atoms with Crippen LogP contribution in [-0.4, -0.2) is 36.8 Å². The Bertz CT molecular complexity index is 803. The van der Waals surface area contributed by atoms with E-state index in [9.17, 15) is 13.2 Å². The summed E-state index contributed by atoms with van der Waals surface area (Å²) in [7, 11) is -3.46. The zero-order valence-corrected chi connectivity index (χ0v) is 15.4. The minimum Gasteiger partial charge on any atom is -0.477 e. The summed E-state index contributed by atoms with van der Waals surface area (Å²) in [6, 6.07) is 9.65. The molecule has 0 spiro atoms. The first-order valence-electron chi connectivity index (χ1n) is 7.66. The minimum absolute atomic E-state index is 0.00794. The number of sulfonamides is 1. The highest BCUT2D eigenvalue weighted by Gasteiger charge is 2.16. The van der Waals surface area contributed by atoms with Gasteiger partial charge in [-0.3, -0.25) is 0 Å². The van der Waals surface area contributed by atoms with E-state index in [0.717, 1.165) is 16.9 Å². The fraction of sp³-hybridized carbons (Fsp3) is 0.375. The van der Waals surface area contributed by atoms with Crippen molar-refractivity contribution in [3.05, 3.63) is 51.5 Å². The van der Waals surface area contributed by atoms with Crippen LogP contribution in [0.2, 0.25) is 0 Å². The molecule has 0 aliphatic heterocycles. The smallest absolute Gasteiger partial charge is 0.347 e. The molecular formula is C16H20N2O5S2. The zero-order valence-electron chi connectivity index (χ0n) is 13.8. The molecule has 0 aliphatic rings. The van der Waals surface area contributed by atoms with Crippen LogP contribution in [0.4, 0.5) is 0 Å². The largest absolute Gasteiger partial charge is 0.477 e. The van der Waals surface area contributed by atoms with Crippen LogP contribution < -0.4 is 4.72 Å². The number of hydrogen-bond acceptors (Lipinski definition) is 6. The minimum atomic E-state index is -3.46. The lowest BCUT2D eigenvalue weighted by molar-refractivity contribution is 0.0701. The number of aromatic carboxylic acids is 1. The number of aryl methyl sites for hydroxylation is 1. The van der Waals surface area contributed by atoms with Gasteiger partial charge < -0.3 is 9.84 Å². The maximum atomic E-state index is 12.0. The van der Waals surface area contributed by atoms with Crippen molar-refractivity contribution in [3.8, 4) is 0 Å². The van der Waals surface area contributed by atoms with Gasteiger partial charge in [0, 0.05) is 6.61 Å². The lowest BCUT2D eigenvalue weighted by atomic mass is 10.2. The lowest BCUT2D eigenvalue weighted by Gasteiger charge is -2.06. The van der Waals surface area contributed by atoms with Crippen molar-refractivity contribution in [1.82, 2.24) is 9.71 Å². The Morgan fingerprint density at radius 1 is 1.32 bits per heavy atom. The normalized spacial score (nSPS) is 11.6. The van der Waals surface area contributed by atoms with Crippen molar-refractivity contribution in [1.29, 1.82) is 0 Å². The van der Waals surface area contributed by atoms with Gasteiger partial charge in [-0.05, 0) is 18.9 Å². The van der Waals surface area contributed by atoms with Crippen LogP contribution in [0.25, 0.3) is 0 Å². The summed E-state index contributed by atoms with van der Waals surface area (Å²) in [5.41, 5.74) is 1.43. The molecular weight excluding hydrogens is 364 g/mol. The fourth-order valence-corrected chi connectivity index (χ4v) is 4.02. The second-order valence-electron chi connectivity index (χ2n) is 5.36. The zero-order chi connectivity index (χ0) is 18.3. The van der Waals surface area contributed by atoms with E-state index in [1.54, 1.807) is 6.92 Å². The molecule has 2 rings (SSSR count). The molecule has 25 heavy (non-hydrogen) atoms. The van der Waals surface area contributed by atoms with E-state index in [-0.39, 0.29) is 17.2 Å². The topological polar surface area (TPSA) is 106 Å². The first-order chi connectivity index (χ1) is 11.9. The van der Waals surface area contributed by atoms with Gasteiger partial charge in [-0.15, -0.1) is 11.3 Å². The van der Waals surface area contributed by atoms with Crippen LogP contribution in [0.3, 0.4) is 0 Å². The van der Waals surface area contributed by atoms with Crippen molar-refractivity contribution in [2.24, 2.45) is 0 Å². The highest BCUT2D eigenvalue weighted by Crippen LogP contribution is 2.17. The molecule has 0 unspecified atom stereocenters. The number of benzene rings is 1. The molecule has 0 saturated heterocycles. The predicted molar refractivity (Wildman–Crippen MR) is 95.2 cm³/mol. The van der Waals surface area contributed by atoms with Gasteiger partial charge in [0.15, 0.2) is 0 Å². The summed E-state index contributed by atoms with van der Waals surface area (Å²) in [6.07, 6.45) is 0.374. The molecule has 0 radical (unpaired) electrons. The fourth-order valence-electron chi connectivity index (χ4n) is 2.09. The molecule has 2 N–H and O–H groups in total. The van der Waals surface area contributed by atoms with Gasteiger partial charge in [0.05, 0.1) is 24.6 Å². The van der Waals surface area contributed by atoms with E-state index in [2.05, 4.69) is 9.71 Å². The highest BCUT2D eigenvalue weighted by atomic mass is 32.2. The van der Waals surface area contributed by atoms with Crippen LogP contribution in [0.5, 0.6) is 0 Å². The molecule has 136 valence electrons. The summed E-state index contributed by atoms with van der Waals surface area (Å²) < 4.78 is 31.8. The van der Waals surface area contributed by atoms with Crippen molar-refractivity contribution in [3.63, 3.8) is 0 Å². The average molecular weight is 384 g/mol. The Balaban J connectivity index is 1.71. The third kappa shape index (κ3) is 6.54. The molecule has 1 heterocycles. The number of carbonyl (C=O) groups is 1. The van der Waals surface area contributed by atoms with Crippen LogP contribution in [-0.2, 0) is 27.9 Å².